The van der Waals surface area contributed by atoms with Crippen molar-refractivity contribution in [1.29, 1.82) is 0 Å². The Kier molecular flexibility index (Phi) is 4.79. The molecule has 0 saturated carbocycles. The summed E-state index contributed by atoms with van der Waals surface area (Å²) in [6, 6.07) is 0. The molecule has 0 aliphatic rings. The summed E-state index contributed by atoms with van der Waals surface area (Å²) < 4.78 is 45.8. The monoisotopic (exact) mass is 256 g/mol. The molecule has 92 valence electrons. The van der Waals surface area contributed by atoms with Gasteiger partial charge in [-0.25, -0.2) is 16.8 Å². The molecule has 4 nitrogen and oxygen atoms in total. The van der Waals surface area contributed by atoms with Crippen LogP contribution in [0.25, 0.3) is 0 Å². The SMILES string of the molecule is CCCS(=O)(=O)C(C)(CC)S(=O)(=O)CC. The fraction of sp³-hybridized carbons (Fsp3) is 1.00. The summed E-state index contributed by atoms with van der Waals surface area (Å²) in [5.41, 5.74) is 0. The topological polar surface area (TPSA) is 68.3 Å². The molecule has 1 atom stereocenters. The van der Waals surface area contributed by atoms with Crippen LogP contribution in [0, 0.1) is 0 Å². The highest BCUT2D eigenvalue weighted by Gasteiger charge is 2.47. The minimum Gasteiger partial charge on any atom is -0.227 e. The third kappa shape index (κ3) is 2.53. The predicted octanol–water partition coefficient (Wildman–Crippen LogP) is 1.37. The number of hydrogen-bond donors (Lipinski definition) is 0. The van der Waals surface area contributed by atoms with Crippen molar-refractivity contribution in [2.75, 3.05) is 11.5 Å². The Hall–Kier alpha value is -0.100. The molecule has 0 aliphatic carbocycles. The molecule has 15 heavy (non-hydrogen) atoms. The second-order valence-electron chi connectivity index (χ2n) is 3.71. The third-order valence-corrected chi connectivity index (χ3v) is 9.25. The molecule has 0 aliphatic heterocycles. The molecule has 0 aromatic heterocycles. The first-order valence-electron chi connectivity index (χ1n) is 5.13. The maximum absolute atomic E-state index is 11.9. The Bertz CT molecular complexity index is 394. The third-order valence-electron chi connectivity index (χ3n) is 2.81. The van der Waals surface area contributed by atoms with Crippen molar-refractivity contribution < 1.29 is 16.8 Å². The van der Waals surface area contributed by atoms with Crippen LogP contribution in [-0.2, 0) is 19.7 Å². The minimum atomic E-state index is -3.58. The Labute approximate surface area is 92.9 Å². The van der Waals surface area contributed by atoms with Gasteiger partial charge in [0.25, 0.3) is 0 Å². The quantitative estimate of drug-likeness (QED) is 0.720. The molecule has 0 amide bonds. The van der Waals surface area contributed by atoms with Gasteiger partial charge in [-0.15, -0.1) is 0 Å². The molecule has 1 unspecified atom stereocenters. The fourth-order valence-electron chi connectivity index (χ4n) is 1.42. The summed E-state index contributed by atoms with van der Waals surface area (Å²) in [5, 5.41) is 0. The highest BCUT2D eigenvalue weighted by atomic mass is 32.3. The largest absolute Gasteiger partial charge is 0.227 e. The summed E-state index contributed by atoms with van der Waals surface area (Å²) in [7, 11) is -7.16. The normalized spacial score (nSPS) is 17.3. The summed E-state index contributed by atoms with van der Waals surface area (Å²) >= 11 is 0. The predicted molar refractivity (Wildman–Crippen MR) is 62.2 cm³/mol. The van der Waals surface area contributed by atoms with Crippen LogP contribution in [0.1, 0.15) is 40.5 Å². The van der Waals surface area contributed by atoms with E-state index in [0.717, 1.165) is 0 Å². The zero-order valence-corrected chi connectivity index (χ0v) is 11.4. The molecule has 0 bridgehead atoms. The van der Waals surface area contributed by atoms with Crippen molar-refractivity contribution in [3.05, 3.63) is 0 Å². The fourth-order valence-corrected chi connectivity index (χ4v) is 6.03. The van der Waals surface area contributed by atoms with Gasteiger partial charge in [0.05, 0.1) is 5.75 Å². The minimum absolute atomic E-state index is 0.0728. The van der Waals surface area contributed by atoms with E-state index in [1.54, 1.807) is 13.8 Å². The van der Waals surface area contributed by atoms with E-state index >= 15 is 0 Å². The molecule has 0 saturated heterocycles. The molecule has 0 heterocycles. The first kappa shape index (κ1) is 14.9. The maximum atomic E-state index is 11.9. The summed E-state index contributed by atoms with van der Waals surface area (Å²) in [5.74, 6) is -0.211. The average Bonchev–Trinajstić information content (AvgIpc) is 2.15. The molecule has 0 fully saturated rings. The molecule has 0 N–H and O–H groups in total. The van der Waals surface area contributed by atoms with Gasteiger partial charge in [0.2, 0.25) is 0 Å². The van der Waals surface area contributed by atoms with Gasteiger partial charge in [-0.3, -0.25) is 0 Å². The van der Waals surface area contributed by atoms with Crippen LogP contribution < -0.4 is 0 Å². The summed E-state index contributed by atoms with van der Waals surface area (Å²) in [4.78, 5) is 0. The first-order chi connectivity index (χ1) is 6.68. The lowest BCUT2D eigenvalue weighted by Gasteiger charge is -2.27. The first-order valence-corrected chi connectivity index (χ1v) is 8.43. The highest BCUT2D eigenvalue weighted by Crippen LogP contribution is 2.30. The number of sulfone groups is 2. The van der Waals surface area contributed by atoms with Crippen LogP contribution in [-0.4, -0.2) is 32.4 Å². The second-order valence-corrected chi connectivity index (χ2v) is 9.21. The van der Waals surface area contributed by atoms with Crippen LogP contribution in [0.4, 0.5) is 0 Å². The van der Waals surface area contributed by atoms with Gasteiger partial charge in [0, 0.05) is 5.75 Å². The summed E-state index contributed by atoms with van der Waals surface area (Å²) in [6.45, 7) is 6.12. The lowest BCUT2D eigenvalue weighted by Crippen LogP contribution is -2.45. The van der Waals surface area contributed by atoms with Crippen molar-refractivity contribution in [1.82, 2.24) is 0 Å². The molecule has 6 heteroatoms. The zero-order chi connectivity index (χ0) is 12.3. The molecule has 0 spiro atoms. The van der Waals surface area contributed by atoms with E-state index in [0.29, 0.717) is 6.42 Å². The molecule has 0 radical (unpaired) electrons. The Morgan fingerprint density at radius 1 is 0.933 bits per heavy atom. The van der Waals surface area contributed by atoms with Crippen LogP contribution in [0.2, 0.25) is 0 Å². The van der Waals surface area contributed by atoms with Gasteiger partial charge in [-0.05, 0) is 19.8 Å². The number of hydrogen-bond acceptors (Lipinski definition) is 4. The van der Waals surface area contributed by atoms with Crippen LogP contribution in [0.3, 0.4) is 0 Å². The van der Waals surface area contributed by atoms with Crippen molar-refractivity contribution in [3.63, 3.8) is 0 Å². The van der Waals surface area contributed by atoms with Crippen LogP contribution >= 0.6 is 0 Å². The highest BCUT2D eigenvalue weighted by molar-refractivity contribution is 8.10. The smallest absolute Gasteiger partial charge is 0.170 e. The van der Waals surface area contributed by atoms with Gasteiger partial charge in [-0.2, -0.15) is 0 Å². The van der Waals surface area contributed by atoms with Crippen molar-refractivity contribution in [2.45, 2.75) is 44.6 Å². The average molecular weight is 256 g/mol. The van der Waals surface area contributed by atoms with Gasteiger partial charge in [0.15, 0.2) is 23.8 Å². The lowest BCUT2D eigenvalue weighted by atomic mass is 10.4. The van der Waals surface area contributed by atoms with Gasteiger partial charge < -0.3 is 0 Å². The van der Waals surface area contributed by atoms with Crippen LogP contribution in [0.15, 0.2) is 0 Å². The lowest BCUT2D eigenvalue weighted by molar-refractivity contribution is 0.542. The standard InChI is InChI=1S/C9H20O4S2/c1-5-8-15(12,13)9(4,6-2)14(10,11)7-3/h5-8H2,1-4H3. The molecule has 0 rings (SSSR count). The Balaban J connectivity index is 5.59. The van der Waals surface area contributed by atoms with E-state index in [4.69, 9.17) is 0 Å². The molecule has 0 aromatic carbocycles. The van der Waals surface area contributed by atoms with Crippen LogP contribution in [0.5, 0.6) is 0 Å². The van der Waals surface area contributed by atoms with E-state index in [-0.39, 0.29) is 17.9 Å². The van der Waals surface area contributed by atoms with Crippen molar-refractivity contribution >= 4 is 19.7 Å². The van der Waals surface area contributed by atoms with E-state index in [1.165, 1.54) is 13.8 Å². The van der Waals surface area contributed by atoms with Gasteiger partial charge in [-0.1, -0.05) is 20.8 Å². The molecular formula is C9H20O4S2. The zero-order valence-electron chi connectivity index (χ0n) is 9.78. The molecular weight excluding hydrogens is 236 g/mol. The number of rotatable bonds is 6. The van der Waals surface area contributed by atoms with Crippen molar-refractivity contribution in [3.8, 4) is 0 Å². The summed E-state index contributed by atoms with van der Waals surface area (Å²) in [6.07, 6.45) is 0.544. The van der Waals surface area contributed by atoms with Crippen molar-refractivity contribution in [2.24, 2.45) is 0 Å². The van der Waals surface area contributed by atoms with E-state index in [1.807, 2.05) is 0 Å². The Morgan fingerprint density at radius 2 is 1.40 bits per heavy atom. The van der Waals surface area contributed by atoms with E-state index in [2.05, 4.69) is 0 Å². The second kappa shape index (κ2) is 4.82. The van der Waals surface area contributed by atoms with Gasteiger partial charge >= 0.3 is 0 Å². The van der Waals surface area contributed by atoms with E-state index in [9.17, 15) is 16.8 Å². The van der Waals surface area contributed by atoms with E-state index < -0.39 is 23.8 Å². The maximum Gasteiger partial charge on any atom is 0.170 e. The Morgan fingerprint density at radius 3 is 1.67 bits per heavy atom. The van der Waals surface area contributed by atoms with Gasteiger partial charge in [0.1, 0.15) is 0 Å². The molecule has 0 aromatic rings.